The van der Waals surface area contributed by atoms with Gasteiger partial charge in [-0.15, -0.1) is 0 Å². The highest BCUT2D eigenvalue weighted by atomic mass is 16.5. The summed E-state index contributed by atoms with van der Waals surface area (Å²) in [5, 5.41) is 33.3. The van der Waals surface area contributed by atoms with Crippen LogP contribution in [-0.4, -0.2) is 34.6 Å². The summed E-state index contributed by atoms with van der Waals surface area (Å²) in [5.41, 5.74) is 0.202. The molecule has 0 radical (unpaired) electrons. The maximum Gasteiger partial charge on any atom is 0.223 e. The molecule has 0 spiro atoms. The largest absolute Gasteiger partial charge is 0.503 e. The van der Waals surface area contributed by atoms with Crippen molar-refractivity contribution in [2.45, 2.75) is 6.92 Å². The van der Waals surface area contributed by atoms with Crippen LogP contribution < -0.4 is 9.80 Å². The first-order chi connectivity index (χ1) is 9.49. The van der Waals surface area contributed by atoms with Gasteiger partial charge in [-0.3, -0.25) is 10.3 Å². The Balaban J connectivity index is 2.80. The number of nitrogens with zero attached hydrogens (tertiary/aromatic N) is 4. The van der Waals surface area contributed by atoms with Gasteiger partial charge in [-0.25, -0.2) is 0 Å². The van der Waals surface area contributed by atoms with Crippen LogP contribution in [0.15, 0.2) is 10.6 Å². The van der Waals surface area contributed by atoms with Gasteiger partial charge in [0.15, 0.2) is 11.5 Å². The van der Waals surface area contributed by atoms with Crippen molar-refractivity contribution in [3.05, 3.63) is 17.5 Å². The summed E-state index contributed by atoms with van der Waals surface area (Å²) in [7, 11) is 2.63. The zero-order valence-corrected chi connectivity index (χ0v) is 11.1. The van der Waals surface area contributed by atoms with Crippen LogP contribution in [0.5, 0.6) is 11.5 Å². The van der Waals surface area contributed by atoms with Crippen LogP contribution in [0.25, 0.3) is 11.4 Å². The Kier molecular flexibility index (Phi) is 3.45. The Morgan fingerprint density at radius 2 is 2.20 bits per heavy atom. The number of ether oxygens (including phenoxy) is 1. The summed E-state index contributed by atoms with van der Waals surface area (Å²) in [6, 6.07) is 3.31. The zero-order valence-electron chi connectivity index (χ0n) is 11.1. The molecule has 2 aromatic rings. The molecule has 20 heavy (non-hydrogen) atoms. The van der Waals surface area contributed by atoms with E-state index in [1.165, 1.54) is 20.2 Å². The van der Waals surface area contributed by atoms with Gasteiger partial charge in [0.2, 0.25) is 11.7 Å². The second-order valence-corrected chi connectivity index (χ2v) is 3.97. The van der Waals surface area contributed by atoms with Gasteiger partial charge >= 0.3 is 0 Å². The lowest BCUT2D eigenvalue weighted by Gasteiger charge is -2.17. The monoisotopic (exact) mass is 276 g/mol. The Morgan fingerprint density at radius 1 is 1.50 bits per heavy atom. The molecule has 1 aromatic carbocycles. The van der Waals surface area contributed by atoms with Crippen molar-refractivity contribution in [2.24, 2.45) is 0 Å². The first-order valence-corrected chi connectivity index (χ1v) is 5.57. The minimum absolute atomic E-state index is 0.00843. The number of aromatic hydroxyl groups is 1. The third-order valence-corrected chi connectivity index (χ3v) is 2.66. The van der Waals surface area contributed by atoms with Gasteiger partial charge in [0.05, 0.1) is 12.7 Å². The van der Waals surface area contributed by atoms with Crippen LogP contribution in [0, 0.1) is 18.3 Å². The molecule has 2 rings (SSSR count). The topological polar surface area (TPSA) is 116 Å². The molecule has 1 heterocycles. The molecule has 0 saturated heterocycles. The molecule has 0 saturated carbocycles. The number of phenols is 1. The maximum absolute atomic E-state index is 10.0. The SMILES string of the molecule is COc1cc(-c2noc(C)n2)c(C#N)c(N(C)O)c1O. The standard InChI is InChI=1S/C12H12N4O4/c1-6-14-12(15-20-6)7-4-9(19-3)11(17)10(16(2)18)8(7)5-13/h4,17-18H,1-3H3. The van der Waals surface area contributed by atoms with Gasteiger partial charge in [-0.1, -0.05) is 5.16 Å². The Labute approximate surface area is 114 Å². The molecule has 0 aliphatic heterocycles. The maximum atomic E-state index is 10.0. The van der Waals surface area contributed by atoms with Crippen molar-refractivity contribution in [1.82, 2.24) is 10.1 Å². The van der Waals surface area contributed by atoms with Gasteiger partial charge in [0.25, 0.3) is 0 Å². The van der Waals surface area contributed by atoms with Gasteiger partial charge in [0, 0.05) is 19.5 Å². The quantitative estimate of drug-likeness (QED) is 0.809. The van der Waals surface area contributed by atoms with Gasteiger partial charge in [-0.2, -0.15) is 10.2 Å². The number of hydrogen-bond acceptors (Lipinski definition) is 8. The first-order valence-electron chi connectivity index (χ1n) is 5.57. The molecule has 1 aromatic heterocycles. The second kappa shape index (κ2) is 5.07. The summed E-state index contributed by atoms with van der Waals surface area (Å²) >= 11 is 0. The van der Waals surface area contributed by atoms with E-state index in [9.17, 15) is 15.6 Å². The van der Waals surface area contributed by atoms with Crippen LogP contribution in [0.2, 0.25) is 0 Å². The van der Waals surface area contributed by atoms with Crippen molar-refractivity contribution in [1.29, 1.82) is 5.26 Å². The lowest BCUT2D eigenvalue weighted by molar-refractivity contribution is 0.273. The number of anilines is 1. The number of rotatable bonds is 3. The van der Waals surface area contributed by atoms with E-state index in [-0.39, 0.29) is 34.1 Å². The summed E-state index contributed by atoms with van der Waals surface area (Å²) in [4.78, 5) is 4.03. The van der Waals surface area contributed by atoms with Crippen molar-refractivity contribution >= 4 is 5.69 Å². The lowest BCUT2D eigenvalue weighted by Crippen LogP contribution is -2.13. The van der Waals surface area contributed by atoms with E-state index in [0.29, 0.717) is 11.0 Å². The van der Waals surface area contributed by atoms with Gasteiger partial charge < -0.3 is 14.4 Å². The van der Waals surface area contributed by atoms with E-state index >= 15 is 0 Å². The number of aromatic nitrogens is 2. The third-order valence-electron chi connectivity index (χ3n) is 2.66. The van der Waals surface area contributed by atoms with Gasteiger partial charge in [0.1, 0.15) is 11.8 Å². The number of methoxy groups -OCH3 is 1. The number of hydrogen-bond donors (Lipinski definition) is 2. The number of benzene rings is 1. The number of aryl methyl sites for hydroxylation is 1. The van der Waals surface area contributed by atoms with E-state index in [0.717, 1.165) is 0 Å². The Bertz CT molecular complexity index is 687. The third kappa shape index (κ3) is 2.10. The minimum Gasteiger partial charge on any atom is -0.503 e. The predicted octanol–water partition coefficient (Wildman–Crippen LogP) is 1.46. The first kappa shape index (κ1) is 13.6. The van der Waals surface area contributed by atoms with Crippen LogP contribution >= 0.6 is 0 Å². The molecule has 0 fully saturated rings. The average molecular weight is 276 g/mol. The smallest absolute Gasteiger partial charge is 0.223 e. The van der Waals surface area contributed by atoms with E-state index < -0.39 is 0 Å². The zero-order chi connectivity index (χ0) is 14.9. The molecule has 2 N–H and O–H groups in total. The number of phenolic OH excluding ortho intramolecular Hbond substituents is 1. The van der Waals surface area contributed by atoms with Crippen molar-refractivity contribution in [2.75, 3.05) is 19.2 Å². The lowest BCUT2D eigenvalue weighted by atomic mass is 10.0. The number of hydroxylamine groups is 1. The molecule has 8 heteroatoms. The van der Waals surface area contributed by atoms with Crippen LogP contribution in [0.4, 0.5) is 5.69 Å². The molecule has 8 nitrogen and oxygen atoms in total. The van der Waals surface area contributed by atoms with E-state index in [1.54, 1.807) is 6.92 Å². The Hall–Kier alpha value is -2.79. The summed E-state index contributed by atoms with van der Waals surface area (Å²) in [6.45, 7) is 1.61. The van der Waals surface area contributed by atoms with Crippen LogP contribution in [0.1, 0.15) is 11.5 Å². The molecule has 0 atom stereocenters. The molecule has 104 valence electrons. The van der Waals surface area contributed by atoms with Crippen LogP contribution in [-0.2, 0) is 0 Å². The highest BCUT2D eigenvalue weighted by Crippen LogP contribution is 2.43. The molecular weight excluding hydrogens is 264 g/mol. The molecular formula is C12H12N4O4. The fourth-order valence-corrected chi connectivity index (χ4v) is 1.80. The van der Waals surface area contributed by atoms with E-state index in [1.807, 2.05) is 6.07 Å². The number of nitriles is 1. The van der Waals surface area contributed by atoms with Crippen molar-refractivity contribution in [3.63, 3.8) is 0 Å². The summed E-state index contributed by atoms with van der Waals surface area (Å²) in [5.74, 6) is 0.227. The highest BCUT2D eigenvalue weighted by molar-refractivity contribution is 5.82. The highest BCUT2D eigenvalue weighted by Gasteiger charge is 2.24. The molecule has 0 amide bonds. The fraction of sp³-hybridized carbons (Fsp3) is 0.250. The van der Waals surface area contributed by atoms with E-state index in [2.05, 4.69) is 10.1 Å². The summed E-state index contributed by atoms with van der Waals surface area (Å²) in [6.07, 6.45) is 0. The van der Waals surface area contributed by atoms with E-state index in [4.69, 9.17) is 9.26 Å². The fourth-order valence-electron chi connectivity index (χ4n) is 1.80. The average Bonchev–Trinajstić information content (AvgIpc) is 2.84. The normalized spacial score (nSPS) is 10.2. The molecule has 0 aliphatic carbocycles. The summed E-state index contributed by atoms with van der Waals surface area (Å²) < 4.78 is 9.89. The minimum atomic E-state index is -0.349. The Morgan fingerprint density at radius 3 is 2.65 bits per heavy atom. The van der Waals surface area contributed by atoms with Crippen molar-refractivity contribution in [3.8, 4) is 29.0 Å². The molecule has 0 aliphatic rings. The molecule has 0 unspecified atom stereocenters. The predicted molar refractivity (Wildman–Crippen MR) is 67.6 cm³/mol. The second-order valence-electron chi connectivity index (χ2n) is 3.97. The van der Waals surface area contributed by atoms with Crippen molar-refractivity contribution < 1.29 is 19.6 Å². The van der Waals surface area contributed by atoms with Gasteiger partial charge in [-0.05, 0) is 6.07 Å². The van der Waals surface area contributed by atoms with Crippen LogP contribution in [0.3, 0.4) is 0 Å². The molecule has 0 bridgehead atoms.